The zero-order chi connectivity index (χ0) is 10.3. The van der Waals surface area contributed by atoms with Gasteiger partial charge in [-0.05, 0) is 31.6 Å². The Morgan fingerprint density at radius 1 is 1.62 bits per heavy atom. The molecule has 1 aliphatic carbocycles. The first-order chi connectivity index (χ1) is 5.85. The van der Waals surface area contributed by atoms with Gasteiger partial charge in [-0.15, -0.1) is 0 Å². The van der Waals surface area contributed by atoms with Crippen LogP contribution in [0.2, 0.25) is 0 Å². The molecule has 0 aromatic heterocycles. The van der Waals surface area contributed by atoms with Crippen LogP contribution in [0.15, 0.2) is 0 Å². The molecular weight excluding hydrogens is 168 g/mol. The van der Waals surface area contributed by atoms with Crippen molar-refractivity contribution in [2.75, 3.05) is 0 Å². The van der Waals surface area contributed by atoms with Crippen LogP contribution in [-0.2, 0) is 4.79 Å². The molecule has 2 unspecified atom stereocenters. The minimum atomic E-state index is -1.06. The summed E-state index contributed by atoms with van der Waals surface area (Å²) in [6.45, 7) is 5.42. The highest BCUT2D eigenvalue weighted by Crippen LogP contribution is 2.56. The van der Waals surface area contributed by atoms with Gasteiger partial charge in [0, 0.05) is 0 Å². The third kappa shape index (κ3) is 1.57. The molecule has 0 heterocycles. The fourth-order valence-corrected chi connectivity index (χ4v) is 1.93. The molecule has 0 amide bonds. The first-order valence-electron chi connectivity index (χ1n) is 4.80. The van der Waals surface area contributed by atoms with Gasteiger partial charge in [-0.25, -0.2) is 0 Å². The second kappa shape index (κ2) is 2.98. The lowest BCUT2D eigenvalue weighted by Crippen LogP contribution is -2.46. The van der Waals surface area contributed by atoms with Gasteiger partial charge in [-0.1, -0.05) is 13.8 Å². The Morgan fingerprint density at radius 3 is 2.31 bits per heavy atom. The summed E-state index contributed by atoms with van der Waals surface area (Å²) in [5.41, 5.74) is -1.24. The maximum absolute atomic E-state index is 10.9. The highest BCUT2D eigenvalue weighted by atomic mass is 16.4. The molecule has 0 aromatic rings. The number of carboxylic acids is 1. The van der Waals surface area contributed by atoms with Crippen molar-refractivity contribution in [1.29, 1.82) is 0 Å². The fourth-order valence-electron chi connectivity index (χ4n) is 1.93. The van der Waals surface area contributed by atoms with Crippen LogP contribution in [0.1, 0.15) is 40.0 Å². The van der Waals surface area contributed by atoms with E-state index in [9.17, 15) is 9.90 Å². The number of hydrogen-bond acceptors (Lipinski definition) is 2. The minimum absolute atomic E-state index is 0.175. The molecule has 3 nitrogen and oxygen atoms in total. The molecular formula is C10H18O3. The number of aliphatic hydroxyl groups is 1. The summed E-state index contributed by atoms with van der Waals surface area (Å²) >= 11 is 0. The molecule has 1 aliphatic rings. The number of carboxylic acid groups (broad SMARTS) is 1. The van der Waals surface area contributed by atoms with E-state index in [0.29, 0.717) is 6.42 Å². The zero-order valence-electron chi connectivity index (χ0n) is 8.50. The van der Waals surface area contributed by atoms with E-state index in [1.54, 1.807) is 13.8 Å². The predicted octanol–water partition coefficient (Wildman–Crippen LogP) is 1.65. The Labute approximate surface area is 78.8 Å². The van der Waals surface area contributed by atoms with Gasteiger partial charge in [-0.3, -0.25) is 4.79 Å². The first-order valence-corrected chi connectivity index (χ1v) is 4.80. The second-order valence-corrected chi connectivity index (χ2v) is 4.51. The highest BCUT2D eigenvalue weighted by molar-refractivity contribution is 5.71. The van der Waals surface area contributed by atoms with Crippen LogP contribution in [0.4, 0.5) is 0 Å². The molecule has 0 spiro atoms. The summed E-state index contributed by atoms with van der Waals surface area (Å²) in [6, 6.07) is 0. The number of rotatable bonds is 4. The van der Waals surface area contributed by atoms with E-state index in [2.05, 4.69) is 0 Å². The molecule has 1 saturated carbocycles. The van der Waals surface area contributed by atoms with Gasteiger partial charge in [0.1, 0.15) is 0 Å². The molecule has 2 atom stereocenters. The standard InChI is InChI=1S/C10H18O3/c1-4-7(8(11)12)10(3,13)9(2)5-6-9/h7,13H,4-6H2,1-3H3,(H,11,12). The molecule has 3 heteroatoms. The maximum Gasteiger partial charge on any atom is 0.309 e. The lowest BCUT2D eigenvalue weighted by atomic mass is 9.75. The van der Waals surface area contributed by atoms with Crippen LogP contribution < -0.4 is 0 Å². The van der Waals surface area contributed by atoms with Crippen molar-refractivity contribution >= 4 is 5.97 Å². The molecule has 2 N–H and O–H groups in total. The lowest BCUT2D eigenvalue weighted by molar-refractivity contribution is -0.156. The molecule has 0 bridgehead atoms. The van der Waals surface area contributed by atoms with Gasteiger partial charge in [0.05, 0.1) is 11.5 Å². The molecule has 0 radical (unpaired) electrons. The van der Waals surface area contributed by atoms with Gasteiger partial charge in [0.15, 0.2) is 0 Å². The highest BCUT2D eigenvalue weighted by Gasteiger charge is 2.57. The van der Waals surface area contributed by atoms with Gasteiger partial charge < -0.3 is 10.2 Å². The van der Waals surface area contributed by atoms with E-state index < -0.39 is 17.5 Å². The van der Waals surface area contributed by atoms with Gasteiger partial charge in [-0.2, -0.15) is 0 Å². The zero-order valence-corrected chi connectivity index (χ0v) is 8.50. The van der Waals surface area contributed by atoms with Crippen molar-refractivity contribution in [3.05, 3.63) is 0 Å². The molecule has 0 aliphatic heterocycles. The lowest BCUT2D eigenvalue weighted by Gasteiger charge is -2.35. The third-order valence-corrected chi connectivity index (χ3v) is 3.61. The van der Waals surface area contributed by atoms with E-state index in [1.165, 1.54) is 0 Å². The van der Waals surface area contributed by atoms with E-state index in [4.69, 9.17) is 5.11 Å². The van der Waals surface area contributed by atoms with Crippen LogP contribution in [0.5, 0.6) is 0 Å². The van der Waals surface area contributed by atoms with E-state index in [0.717, 1.165) is 12.8 Å². The summed E-state index contributed by atoms with van der Waals surface area (Å²) in [6.07, 6.45) is 2.35. The number of hydrogen-bond donors (Lipinski definition) is 2. The quantitative estimate of drug-likeness (QED) is 0.701. The van der Waals surface area contributed by atoms with Gasteiger partial charge in [0.25, 0.3) is 0 Å². The Balaban J connectivity index is 2.83. The Bertz CT molecular complexity index is 216. The first kappa shape index (κ1) is 10.5. The minimum Gasteiger partial charge on any atom is -0.481 e. The van der Waals surface area contributed by atoms with Crippen LogP contribution in [-0.4, -0.2) is 21.8 Å². The van der Waals surface area contributed by atoms with Crippen LogP contribution in [0.3, 0.4) is 0 Å². The van der Waals surface area contributed by atoms with Gasteiger partial charge >= 0.3 is 5.97 Å². The molecule has 1 fully saturated rings. The van der Waals surface area contributed by atoms with Crippen molar-refractivity contribution < 1.29 is 15.0 Å². The van der Waals surface area contributed by atoms with Crippen molar-refractivity contribution in [2.24, 2.45) is 11.3 Å². The SMILES string of the molecule is CCC(C(=O)O)C(C)(O)C1(C)CC1. The average Bonchev–Trinajstić information content (AvgIpc) is 2.69. The van der Waals surface area contributed by atoms with Crippen LogP contribution in [0, 0.1) is 11.3 Å². The fraction of sp³-hybridized carbons (Fsp3) is 0.900. The van der Waals surface area contributed by atoms with Crippen molar-refractivity contribution in [3.8, 4) is 0 Å². The van der Waals surface area contributed by atoms with Crippen molar-refractivity contribution in [2.45, 2.75) is 45.6 Å². The van der Waals surface area contributed by atoms with Crippen LogP contribution >= 0.6 is 0 Å². The van der Waals surface area contributed by atoms with Gasteiger partial charge in [0.2, 0.25) is 0 Å². The molecule has 0 aromatic carbocycles. The third-order valence-electron chi connectivity index (χ3n) is 3.61. The second-order valence-electron chi connectivity index (χ2n) is 4.51. The number of aliphatic carboxylic acids is 1. The Morgan fingerprint density at radius 2 is 2.08 bits per heavy atom. The molecule has 13 heavy (non-hydrogen) atoms. The monoisotopic (exact) mass is 186 g/mol. The summed E-state index contributed by atoms with van der Waals surface area (Å²) in [7, 11) is 0. The largest absolute Gasteiger partial charge is 0.481 e. The Hall–Kier alpha value is -0.570. The number of carbonyl (C=O) groups is 1. The normalized spacial score (nSPS) is 26.2. The van der Waals surface area contributed by atoms with Crippen LogP contribution in [0.25, 0.3) is 0 Å². The Kier molecular flexibility index (Phi) is 2.41. The summed E-state index contributed by atoms with van der Waals surface area (Å²) in [5, 5.41) is 19.1. The van der Waals surface area contributed by atoms with Crippen molar-refractivity contribution in [3.63, 3.8) is 0 Å². The maximum atomic E-state index is 10.9. The summed E-state index contributed by atoms with van der Waals surface area (Å²) < 4.78 is 0. The topological polar surface area (TPSA) is 57.5 Å². The average molecular weight is 186 g/mol. The molecule has 76 valence electrons. The predicted molar refractivity (Wildman–Crippen MR) is 49.4 cm³/mol. The summed E-state index contributed by atoms with van der Waals surface area (Å²) in [5.74, 6) is -1.53. The van der Waals surface area contributed by atoms with Crippen molar-refractivity contribution in [1.82, 2.24) is 0 Å². The molecule has 0 saturated heterocycles. The smallest absolute Gasteiger partial charge is 0.309 e. The van der Waals surface area contributed by atoms with E-state index >= 15 is 0 Å². The summed E-state index contributed by atoms with van der Waals surface area (Å²) in [4.78, 5) is 10.9. The van der Waals surface area contributed by atoms with E-state index in [1.807, 2.05) is 6.92 Å². The van der Waals surface area contributed by atoms with E-state index in [-0.39, 0.29) is 5.41 Å². The molecule has 1 rings (SSSR count).